The first-order valence-electron chi connectivity index (χ1n) is 9.46. The van der Waals surface area contributed by atoms with Crippen LogP contribution in [0.2, 0.25) is 5.02 Å². The highest BCUT2D eigenvalue weighted by atomic mass is 35.5. The fraction of sp³-hybridized carbons (Fsp3) is 0.350. The molecule has 1 atom stereocenters. The molecule has 3 N–H and O–H groups in total. The number of thiazole rings is 1. The largest absolute Gasteiger partial charge is 0.369 e. The van der Waals surface area contributed by atoms with Crippen LogP contribution in [-0.2, 0) is 10.2 Å². The van der Waals surface area contributed by atoms with Crippen LogP contribution in [0.15, 0.2) is 36.7 Å². The number of nitrogens with zero attached hydrogens (tertiary/aromatic N) is 4. The molecule has 3 aromatic heterocycles. The van der Waals surface area contributed by atoms with E-state index in [1.54, 1.807) is 43.6 Å². The Balaban J connectivity index is 1.46. The molecule has 0 bridgehead atoms. The SMILES string of the molecule is CC(C(N)=O)c1cnc(-c2ccc(NCC3(c4ncccc4Cl)CC(F)C3)nn2)s1. The molecule has 3 heterocycles. The summed E-state index contributed by atoms with van der Waals surface area (Å²) in [5.41, 5.74) is 6.19. The number of primary amides is 1. The molecule has 0 saturated heterocycles. The summed E-state index contributed by atoms with van der Waals surface area (Å²) in [7, 11) is 0. The maximum atomic E-state index is 13.7. The minimum Gasteiger partial charge on any atom is -0.369 e. The lowest BCUT2D eigenvalue weighted by molar-refractivity contribution is -0.119. The number of amides is 1. The van der Waals surface area contributed by atoms with Crippen LogP contribution in [0.5, 0.6) is 0 Å². The molecule has 4 rings (SSSR count). The van der Waals surface area contributed by atoms with Gasteiger partial charge in [0.05, 0.1) is 16.6 Å². The number of rotatable bonds is 7. The van der Waals surface area contributed by atoms with Gasteiger partial charge in [-0.15, -0.1) is 21.5 Å². The number of hydrogen-bond donors (Lipinski definition) is 2. The Morgan fingerprint density at radius 2 is 2.17 bits per heavy atom. The molecule has 3 aromatic rings. The molecule has 1 aliphatic carbocycles. The van der Waals surface area contributed by atoms with Gasteiger partial charge in [0, 0.05) is 29.2 Å². The molecule has 10 heteroatoms. The van der Waals surface area contributed by atoms with E-state index in [1.807, 2.05) is 0 Å². The van der Waals surface area contributed by atoms with Crippen molar-refractivity contribution in [1.82, 2.24) is 20.2 Å². The summed E-state index contributed by atoms with van der Waals surface area (Å²) < 4.78 is 13.7. The number of carbonyl (C=O) groups excluding carboxylic acids is 1. The number of pyridine rings is 1. The van der Waals surface area contributed by atoms with E-state index in [2.05, 4.69) is 25.5 Å². The van der Waals surface area contributed by atoms with Crippen LogP contribution in [0.3, 0.4) is 0 Å². The molecule has 1 aliphatic rings. The average Bonchev–Trinajstić information content (AvgIpc) is 3.20. The molecule has 1 saturated carbocycles. The van der Waals surface area contributed by atoms with Crippen LogP contribution >= 0.6 is 22.9 Å². The Morgan fingerprint density at radius 3 is 2.80 bits per heavy atom. The smallest absolute Gasteiger partial charge is 0.225 e. The lowest BCUT2D eigenvalue weighted by Gasteiger charge is -2.44. The summed E-state index contributed by atoms with van der Waals surface area (Å²) in [6.45, 7) is 2.19. The third-order valence-electron chi connectivity index (χ3n) is 5.35. The van der Waals surface area contributed by atoms with Crippen molar-refractivity contribution < 1.29 is 9.18 Å². The van der Waals surface area contributed by atoms with E-state index >= 15 is 0 Å². The van der Waals surface area contributed by atoms with Crippen molar-refractivity contribution in [3.05, 3.63) is 52.3 Å². The van der Waals surface area contributed by atoms with Crippen molar-refractivity contribution in [2.75, 3.05) is 11.9 Å². The molecule has 30 heavy (non-hydrogen) atoms. The third kappa shape index (κ3) is 3.99. The molecule has 0 aliphatic heterocycles. The highest BCUT2D eigenvalue weighted by Crippen LogP contribution is 2.46. The highest BCUT2D eigenvalue weighted by Gasteiger charge is 2.48. The van der Waals surface area contributed by atoms with Crippen molar-refractivity contribution in [3.63, 3.8) is 0 Å². The first-order valence-corrected chi connectivity index (χ1v) is 10.7. The molecule has 156 valence electrons. The lowest BCUT2D eigenvalue weighted by atomic mass is 9.65. The van der Waals surface area contributed by atoms with Gasteiger partial charge in [0.15, 0.2) is 0 Å². The zero-order chi connectivity index (χ0) is 21.3. The maximum absolute atomic E-state index is 13.7. The van der Waals surface area contributed by atoms with Crippen molar-refractivity contribution in [1.29, 1.82) is 0 Å². The fourth-order valence-electron chi connectivity index (χ4n) is 3.53. The molecule has 1 unspecified atom stereocenters. The Hall–Kier alpha value is -2.65. The van der Waals surface area contributed by atoms with Crippen molar-refractivity contribution in [2.24, 2.45) is 5.73 Å². The van der Waals surface area contributed by atoms with Gasteiger partial charge < -0.3 is 11.1 Å². The second-order valence-electron chi connectivity index (χ2n) is 7.47. The first-order chi connectivity index (χ1) is 14.4. The number of hydrogen-bond acceptors (Lipinski definition) is 7. The van der Waals surface area contributed by atoms with Crippen molar-refractivity contribution in [3.8, 4) is 10.7 Å². The van der Waals surface area contributed by atoms with Gasteiger partial charge >= 0.3 is 0 Å². The zero-order valence-corrected chi connectivity index (χ0v) is 17.8. The predicted molar refractivity (Wildman–Crippen MR) is 114 cm³/mol. The Kier molecular flexibility index (Phi) is 5.66. The molecule has 0 aromatic carbocycles. The molecule has 7 nitrogen and oxygen atoms in total. The second kappa shape index (κ2) is 8.23. The van der Waals surface area contributed by atoms with Crippen LogP contribution in [-0.4, -0.2) is 38.8 Å². The van der Waals surface area contributed by atoms with Gasteiger partial charge in [-0.1, -0.05) is 11.6 Å². The van der Waals surface area contributed by atoms with Gasteiger partial charge in [0.25, 0.3) is 0 Å². The van der Waals surface area contributed by atoms with Gasteiger partial charge in [0.1, 0.15) is 22.7 Å². The van der Waals surface area contributed by atoms with Crippen LogP contribution < -0.4 is 11.1 Å². The van der Waals surface area contributed by atoms with E-state index in [1.165, 1.54) is 11.3 Å². The number of alkyl halides is 1. The van der Waals surface area contributed by atoms with Crippen LogP contribution in [0.25, 0.3) is 10.7 Å². The monoisotopic (exact) mass is 446 g/mol. The topological polar surface area (TPSA) is 107 Å². The first kappa shape index (κ1) is 20.6. The summed E-state index contributed by atoms with van der Waals surface area (Å²) >= 11 is 7.67. The lowest BCUT2D eigenvalue weighted by Crippen LogP contribution is -2.48. The number of nitrogens with one attached hydrogen (secondary N) is 1. The molecular weight excluding hydrogens is 427 g/mol. The second-order valence-corrected chi connectivity index (χ2v) is 8.94. The summed E-state index contributed by atoms with van der Waals surface area (Å²) in [6, 6.07) is 7.12. The fourth-order valence-corrected chi connectivity index (χ4v) is 4.79. The highest BCUT2D eigenvalue weighted by molar-refractivity contribution is 7.15. The van der Waals surface area contributed by atoms with Gasteiger partial charge in [-0.05, 0) is 44.0 Å². The molecule has 0 radical (unpaired) electrons. The predicted octanol–water partition coefficient (Wildman–Crippen LogP) is 3.72. The summed E-state index contributed by atoms with van der Waals surface area (Å²) in [6.07, 6.45) is 3.17. The summed E-state index contributed by atoms with van der Waals surface area (Å²) in [5, 5.41) is 12.9. The van der Waals surface area contributed by atoms with E-state index in [0.29, 0.717) is 46.6 Å². The molecular formula is C20H20ClFN6OS. The minimum absolute atomic E-state index is 0.363. The van der Waals surface area contributed by atoms with Crippen molar-refractivity contribution in [2.45, 2.75) is 37.3 Å². The summed E-state index contributed by atoms with van der Waals surface area (Å²) in [5.74, 6) is -0.236. The maximum Gasteiger partial charge on any atom is 0.225 e. The van der Waals surface area contributed by atoms with E-state index in [4.69, 9.17) is 17.3 Å². The van der Waals surface area contributed by atoms with E-state index in [0.717, 1.165) is 4.88 Å². The normalized spacial score (nSPS) is 21.6. The number of halogens is 2. The van der Waals surface area contributed by atoms with Crippen molar-refractivity contribution >= 4 is 34.7 Å². The molecule has 1 fully saturated rings. The summed E-state index contributed by atoms with van der Waals surface area (Å²) in [4.78, 5) is 20.8. The standard InChI is InChI=1S/C20H20ClFN6OS/c1-11(18(23)29)15-9-25-19(30-15)14-4-5-16(28-27-14)26-10-20(7-12(22)8-20)17-13(21)3-2-6-24-17/h2-6,9,11-12H,7-8,10H2,1H3,(H2,23,29)(H,26,28). The number of carbonyl (C=O) groups is 1. The number of nitrogens with two attached hydrogens (primary N) is 1. The van der Waals surface area contributed by atoms with E-state index in [9.17, 15) is 9.18 Å². The van der Waals surface area contributed by atoms with Crippen LogP contribution in [0.1, 0.15) is 36.3 Å². The van der Waals surface area contributed by atoms with Gasteiger partial charge in [0.2, 0.25) is 5.91 Å². The quantitative estimate of drug-likeness (QED) is 0.572. The average molecular weight is 447 g/mol. The van der Waals surface area contributed by atoms with Gasteiger partial charge in [-0.2, -0.15) is 0 Å². The van der Waals surface area contributed by atoms with Gasteiger partial charge in [-0.25, -0.2) is 9.37 Å². The Labute approximate surface area is 181 Å². The van der Waals surface area contributed by atoms with Crippen LogP contribution in [0.4, 0.5) is 10.2 Å². The number of aromatic nitrogens is 4. The Bertz CT molecular complexity index is 1050. The third-order valence-corrected chi connectivity index (χ3v) is 6.86. The van der Waals surface area contributed by atoms with E-state index in [-0.39, 0.29) is 0 Å². The molecule has 0 spiro atoms. The minimum atomic E-state index is -0.861. The Morgan fingerprint density at radius 1 is 1.37 bits per heavy atom. The zero-order valence-electron chi connectivity index (χ0n) is 16.2. The number of anilines is 1. The van der Waals surface area contributed by atoms with E-state index < -0.39 is 23.4 Å². The van der Waals surface area contributed by atoms with Crippen LogP contribution in [0, 0.1) is 0 Å². The van der Waals surface area contributed by atoms with Gasteiger partial charge in [-0.3, -0.25) is 9.78 Å². The molecule has 1 amide bonds.